The standard InChI is InChI=1S/C21H30F3NO4/c1-13(2)12-20(19(3,4)5,21(22,23)24)18(28)25-15(26)11-16(25)29-17(27)14-9-7-6-8-10-14/h12,14,16H,6-11H2,1-5H3. The highest BCUT2D eigenvalue weighted by molar-refractivity contribution is 6.04. The number of alkyl halides is 3. The lowest BCUT2D eigenvalue weighted by Crippen LogP contribution is -2.66. The lowest BCUT2D eigenvalue weighted by atomic mass is 9.63. The Kier molecular flexibility index (Phi) is 6.55. The molecule has 5 nitrogen and oxygen atoms in total. The van der Waals surface area contributed by atoms with Crippen LogP contribution < -0.4 is 0 Å². The molecular formula is C21H30F3NO4. The minimum absolute atomic E-state index is 0.281. The van der Waals surface area contributed by atoms with E-state index in [-0.39, 0.29) is 12.3 Å². The summed E-state index contributed by atoms with van der Waals surface area (Å²) in [6, 6.07) is 0. The fraction of sp³-hybridized carbons (Fsp3) is 0.762. The minimum atomic E-state index is -4.94. The zero-order chi connectivity index (χ0) is 22.2. The predicted molar refractivity (Wildman–Crippen MR) is 100 cm³/mol. The van der Waals surface area contributed by atoms with Gasteiger partial charge < -0.3 is 4.74 Å². The first-order valence-electron chi connectivity index (χ1n) is 10.0. The maximum atomic E-state index is 14.3. The van der Waals surface area contributed by atoms with Crippen LogP contribution in [0.15, 0.2) is 11.6 Å². The number of allylic oxidation sites excluding steroid dienone is 1. The van der Waals surface area contributed by atoms with E-state index in [2.05, 4.69) is 0 Å². The van der Waals surface area contributed by atoms with Crippen molar-refractivity contribution < 1.29 is 32.3 Å². The lowest BCUT2D eigenvalue weighted by Gasteiger charge is -2.48. The number of esters is 1. The number of nitrogens with zero attached hydrogens (tertiary/aromatic N) is 1. The molecule has 29 heavy (non-hydrogen) atoms. The monoisotopic (exact) mass is 417 g/mol. The summed E-state index contributed by atoms with van der Waals surface area (Å²) < 4.78 is 48.2. The first kappa shape index (κ1) is 23.4. The molecule has 1 aliphatic carbocycles. The maximum Gasteiger partial charge on any atom is 0.407 e. The van der Waals surface area contributed by atoms with Crippen LogP contribution in [0.25, 0.3) is 0 Å². The third-order valence-electron chi connectivity index (χ3n) is 5.79. The van der Waals surface area contributed by atoms with Crippen LogP contribution >= 0.6 is 0 Å². The number of hydrogen-bond acceptors (Lipinski definition) is 4. The summed E-state index contributed by atoms with van der Waals surface area (Å²) in [6.07, 6.45) is -1.52. The molecule has 1 saturated heterocycles. The molecule has 2 amide bonds. The molecule has 0 aromatic rings. The highest BCUT2D eigenvalue weighted by Crippen LogP contribution is 2.54. The Balaban J connectivity index is 2.35. The van der Waals surface area contributed by atoms with Gasteiger partial charge in [-0.05, 0) is 32.1 Å². The number of imide groups is 1. The summed E-state index contributed by atoms with van der Waals surface area (Å²) in [5.74, 6) is -3.03. The Hall–Kier alpha value is -1.86. The molecule has 8 heteroatoms. The van der Waals surface area contributed by atoms with Gasteiger partial charge in [0.05, 0.1) is 12.3 Å². The number of ether oxygens (including phenoxy) is 1. The van der Waals surface area contributed by atoms with Gasteiger partial charge in [0.15, 0.2) is 11.6 Å². The highest BCUT2D eigenvalue weighted by atomic mass is 19.4. The van der Waals surface area contributed by atoms with E-state index in [0.29, 0.717) is 23.3 Å². The molecule has 2 aliphatic rings. The van der Waals surface area contributed by atoms with Gasteiger partial charge in [-0.15, -0.1) is 0 Å². The fourth-order valence-electron chi connectivity index (χ4n) is 4.14. The van der Waals surface area contributed by atoms with E-state index in [9.17, 15) is 27.6 Å². The zero-order valence-electron chi connectivity index (χ0n) is 17.7. The second kappa shape index (κ2) is 8.11. The average molecular weight is 417 g/mol. The maximum absolute atomic E-state index is 14.3. The summed E-state index contributed by atoms with van der Waals surface area (Å²) >= 11 is 0. The number of amides is 2. The average Bonchev–Trinajstić information content (AvgIpc) is 2.57. The number of β-lactam (4-membered cyclic amide) rings is 1. The smallest absolute Gasteiger partial charge is 0.407 e. The molecule has 1 aliphatic heterocycles. The molecule has 2 fully saturated rings. The summed E-state index contributed by atoms with van der Waals surface area (Å²) in [5.41, 5.74) is -4.17. The van der Waals surface area contributed by atoms with Crippen LogP contribution in [0.3, 0.4) is 0 Å². The molecule has 0 radical (unpaired) electrons. The van der Waals surface area contributed by atoms with Crippen LogP contribution in [0.5, 0.6) is 0 Å². The Morgan fingerprint density at radius 3 is 2.03 bits per heavy atom. The highest BCUT2D eigenvalue weighted by Gasteiger charge is 2.68. The molecule has 0 aromatic heterocycles. The molecule has 0 aromatic carbocycles. The molecule has 2 atom stereocenters. The van der Waals surface area contributed by atoms with Gasteiger partial charge in [0.25, 0.3) is 5.91 Å². The van der Waals surface area contributed by atoms with Crippen molar-refractivity contribution in [2.24, 2.45) is 16.7 Å². The van der Waals surface area contributed by atoms with Gasteiger partial charge in [-0.3, -0.25) is 14.4 Å². The van der Waals surface area contributed by atoms with E-state index in [0.717, 1.165) is 25.3 Å². The van der Waals surface area contributed by atoms with Crippen molar-refractivity contribution in [3.8, 4) is 0 Å². The molecule has 1 heterocycles. The van der Waals surface area contributed by atoms with Crippen molar-refractivity contribution >= 4 is 17.8 Å². The van der Waals surface area contributed by atoms with Crippen LogP contribution in [-0.4, -0.2) is 35.1 Å². The first-order chi connectivity index (χ1) is 13.2. The zero-order valence-corrected chi connectivity index (χ0v) is 17.7. The second-order valence-corrected chi connectivity index (χ2v) is 9.28. The summed E-state index contributed by atoms with van der Waals surface area (Å²) in [4.78, 5) is 38.2. The molecule has 0 N–H and O–H groups in total. The van der Waals surface area contributed by atoms with Crippen molar-refractivity contribution in [1.29, 1.82) is 0 Å². The van der Waals surface area contributed by atoms with Crippen LogP contribution in [0.4, 0.5) is 13.2 Å². The van der Waals surface area contributed by atoms with E-state index in [1.54, 1.807) is 0 Å². The summed E-state index contributed by atoms with van der Waals surface area (Å²) in [6.45, 7) is 6.87. The molecule has 2 unspecified atom stereocenters. The van der Waals surface area contributed by atoms with Crippen LogP contribution in [0, 0.1) is 16.7 Å². The van der Waals surface area contributed by atoms with Gasteiger partial charge in [0, 0.05) is 0 Å². The van der Waals surface area contributed by atoms with Gasteiger partial charge in [0.2, 0.25) is 5.91 Å². The quantitative estimate of drug-likeness (QED) is 0.376. The van der Waals surface area contributed by atoms with Crippen molar-refractivity contribution in [3.63, 3.8) is 0 Å². The van der Waals surface area contributed by atoms with Crippen molar-refractivity contribution in [2.45, 2.75) is 85.5 Å². The first-order valence-corrected chi connectivity index (χ1v) is 10.0. The normalized spacial score (nSPS) is 23.1. The van der Waals surface area contributed by atoms with Gasteiger partial charge in [-0.1, -0.05) is 51.7 Å². The Morgan fingerprint density at radius 2 is 1.62 bits per heavy atom. The van der Waals surface area contributed by atoms with Crippen LogP contribution in [-0.2, 0) is 19.1 Å². The van der Waals surface area contributed by atoms with E-state index in [4.69, 9.17) is 4.74 Å². The number of halogens is 3. The molecule has 164 valence electrons. The second-order valence-electron chi connectivity index (χ2n) is 9.28. The minimum Gasteiger partial charge on any atom is -0.440 e. The Labute approximate surface area is 169 Å². The van der Waals surface area contributed by atoms with Crippen molar-refractivity contribution in [3.05, 3.63) is 11.6 Å². The molecule has 0 spiro atoms. The summed E-state index contributed by atoms with van der Waals surface area (Å²) in [7, 11) is 0. The molecule has 2 rings (SSSR count). The van der Waals surface area contributed by atoms with Crippen molar-refractivity contribution in [1.82, 2.24) is 4.90 Å². The molecule has 1 saturated carbocycles. The van der Waals surface area contributed by atoms with Gasteiger partial charge >= 0.3 is 12.1 Å². The third-order valence-corrected chi connectivity index (χ3v) is 5.79. The SMILES string of the molecule is CC(C)=CC(C(=O)N1C(=O)CC1OC(=O)C1CCCCC1)(C(C)(C)C)C(F)(F)F. The summed E-state index contributed by atoms with van der Waals surface area (Å²) in [5, 5.41) is 0. The van der Waals surface area contributed by atoms with E-state index in [1.807, 2.05) is 0 Å². The van der Waals surface area contributed by atoms with Gasteiger partial charge in [-0.25, -0.2) is 4.90 Å². The molecule has 0 bridgehead atoms. The van der Waals surface area contributed by atoms with E-state index in [1.165, 1.54) is 34.6 Å². The van der Waals surface area contributed by atoms with Crippen LogP contribution in [0.1, 0.15) is 73.1 Å². The van der Waals surface area contributed by atoms with Crippen LogP contribution in [0.2, 0.25) is 0 Å². The Morgan fingerprint density at radius 1 is 1.07 bits per heavy atom. The van der Waals surface area contributed by atoms with Gasteiger partial charge in [-0.2, -0.15) is 13.2 Å². The lowest BCUT2D eigenvalue weighted by molar-refractivity contribution is -0.245. The number of carbonyl (C=O) groups is 3. The van der Waals surface area contributed by atoms with Gasteiger partial charge in [0.1, 0.15) is 0 Å². The fourth-order valence-corrected chi connectivity index (χ4v) is 4.14. The molecular weight excluding hydrogens is 387 g/mol. The predicted octanol–water partition coefficient (Wildman–Crippen LogP) is 4.76. The topological polar surface area (TPSA) is 63.7 Å². The largest absolute Gasteiger partial charge is 0.440 e. The third kappa shape index (κ3) is 4.36. The van der Waals surface area contributed by atoms with Crippen molar-refractivity contribution in [2.75, 3.05) is 0 Å². The van der Waals surface area contributed by atoms with E-state index < -0.39 is 41.0 Å². The number of carbonyl (C=O) groups excluding carboxylic acids is 3. The van der Waals surface area contributed by atoms with E-state index >= 15 is 0 Å². The number of hydrogen-bond donors (Lipinski definition) is 0. The number of likely N-dealkylation sites (tertiary alicyclic amines) is 1. The Bertz CT molecular complexity index is 682. The number of rotatable bonds is 4.